The molecule has 9 nitrogen and oxygen atoms in total. The van der Waals surface area contributed by atoms with Gasteiger partial charge in [0.15, 0.2) is 4.80 Å². The minimum absolute atomic E-state index is 0.0657. The van der Waals surface area contributed by atoms with Gasteiger partial charge < -0.3 is 19.0 Å². The van der Waals surface area contributed by atoms with Crippen LogP contribution in [0.5, 0.6) is 5.75 Å². The number of nitrogens with zero attached hydrogens (tertiary/aromatic N) is 2. The molecule has 3 heterocycles. The normalized spacial score (nSPS) is 15.0. The highest BCUT2D eigenvalue weighted by atomic mass is 35.5. The fourth-order valence-corrected chi connectivity index (χ4v) is 5.71. The van der Waals surface area contributed by atoms with Gasteiger partial charge in [-0.15, -0.1) is 0 Å². The highest BCUT2D eigenvalue weighted by Gasteiger charge is 2.33. The van der Waals surface area contributed by atoms with Gasteiger partial charge in [0, 0.05) is 11.6 Å². The SMILES string of the molecule is CCOC(=O)C1=C(C)N=c2sc(=Cc3ccc(-c4cc(C(=O)O)ccc4Cl)o3)c(=O)n2[C@H]1c1cccc(OC)c1. The zero-order valence-corrected chi connectivity index (χ0v) is 23.2. The molecule has 0 unspecified atom stereocenters. The van der Waals surface area contributed by atoms with E-state index < -0.39 is 18.0 Å². The summed E-state index contributed by atoms with van der Waals surface area (Å²) in [6.45, 7) is 3.60. The lowest BCUT2D eigenvalue weighted by Crippen LogP contribution is -2.39. The minimum atomic E-state index is -1.09. The number of aromatic nitrogens is 1. The molecule has 204 valence electrons. The van der Waals surface area contributed by atoms with E-state index in [1.54, 1.807) is 57.4 Å². The molecule has 0 saturated carbocycles. The van der Waals surface area contributed by atoms with Crippen LogP contribution in [0.15, 0.2) is 80.1 Å². The van der Waals surface area contributed by atoms with Crippen LogP contribution in [0.3, 0.4) is 0 Å². The number of carboxylic acid groups (broad SMARTS) is 1. The van der Waals surface area contributed by atoms with Crippen molar-refractivity contribution in [1.29, 1.82) is 0 Å². The summed E-state index contributed by atoms with van der Waals surface area (Å²) in [6.07, 6.45) is 1.58. The monoisotopic (exact) mass is 578 g/mol. The first kappa shape index (κ1) is 27.2. The lowest BCUT2D eigenvalue weighted by Gasteiger charge is -2.24. The highest BCUT2D eigenvalue weighted by molar-refractivity contribution is 7.07. The summed E-state index contributed by atoms with van der Waals surface area (Å²) in [5.41, 5.74) is 1.49. The quantitative estimate of drug-likeness (QED) is 0.322. The van der Waals surface area contributed by atoms with Crippen molar-refractivity contribution in [2.45, 2.75) is 19.9 Å². The van der Waals surface area contributed by atoms with Gasteiger partial charge in [-0.3, -0.25) is 9.36 Å². The van der Waals surface area contributed by atoms with Gasteiger partial charge in [0.2, 0.25) is 0 Å². The number of furan rings is 1. The largest absolute Gasteiger partial charge is 0.497 e. The third-order valence-electron chi connectivity index (χ3n) is 6.31. The number of carbonyl (C=O) groups excluding carboxylic acids is 1. The Morgan fingerprint density at radius 3 is 2.73 bits per heavy atom. The number of carboxylic acids is 1. The lowest BCUT2D eigenvalue weighted by atomic mass is 9.95. The molecule has 0 radical (unpaired) electrons. The summed E-state index contributed by atoms with van der Waals surface area (Å²) >= 11 is 7.45. The van der Waals surface area contributed by atoms with Gasteiger partial charge in [0.05, 0.1) is 46.1 Å². The second-order valence-electron chi connectivity index (χ2n) is 8.78. The van der Waals surface area contributed by atoms with Gasteiger partial charge in [-0.2, -0.15) is 0 Å². The molecule has 0 spiro atoms. The third-order valence-corrected chi connectivity index (χ3v) is 7.62. The van der Waals surface area contributed by atoms with Crippen LogP contribution in [0, 0.1) is 0 Å². The fourth-order valence-electron chi connectivity index (χ4n) is 4.47. The molecule has 0 bridgehead atoms. The van der Waals surface area contributed by atoms with Crippen LogP contribution in [-0.2, 0) is 9.53 Å². The average Bonchev–Trinajstić information content (AvgIpc) is 3.52. The van der Waals surface area contributed by atoms with Gasteiger partial charge in [-0.05, 0) is 61.9 Å². The number of ether oxygens (including phenoxy) is 2. The van der Waals surface area contributed by atoms with Crippen LogP contribution < -0.4 is 19.6 Å². The molecule has 0 aliphatic carbocycles. The maximum Gasteiger partial charge on any atom is 0.338 e. The number of fused-ring (bicyclic) bond motifs is 1. The van der Waals surface area contributed by atoms with Gasteiger partial charge in [-0.25, -0.2) is 14.6 Å². The molecule has 40 heavy (non-hydrogen) atoms. The molecule has 5 rings (SSSR count). The van der Waals surface area contributed by atoms with Crippen LogP contribution in [0.25, 0.3) is 17.4 Å². The Morgan fingerprint density at radius 2 is 2.00 bits per heavy atom. The summed E-state index contributed by atoms with van der Waals surface area (Å²) in [5.74, 6) is -0.361. The second-order valence-corrected chi connectivity index (χ2v) is 10.2. The number of methoxy groups -OCH3 is 1. The van der Waals surface area contributed by atoms with Crippen molar-refractivity contribution in [2.24, 2.45) is 4.99 Å². The fraction of sp³-hybridized carbons (Fsp3) is 0.172. The predicted octanol–water partition coefficient (Wildman–Crippen LogP) is 4.42. The predicted molar refractivity (Wildman–Crippen MR) is 150 cm³/mol. The number of carbonyl (C=O) groups is 2. The molecule has 1 aliphatic rings. The summed E-state index contributed by atoms with van der Waals surface area (Å²) in [6, 6.07) is 14.0. The first-order valence-corrected chi connectivity index (χ1v) is 13.4. The van der Waals surface area contributed by atoms with Crippen molar-refractivity contribution in [3.63, 3.8) is 0 Å². The Bertz CT molecular complexity index is 1870. The molecule has 2 aromatic heterocycles. The van der Waals surface area contributed by atoms with Crippen molar-refractivity contribution >= 4 is 41.0 Å². The number of hydrogen-bond acceptors (Lipinski definition) is 8. The van der Waals surface area contributed by atoms with Crippen molar-refractivity contribution in [2.75, 3.05) is 13.7 Å². The van der Waals surface area contributed by atoms with Gasteiger partial charge in [0.25, 0.3) is 5.56 Å². The number of rotatable bonds is 7. The smallest absolute Gasteiger partial charge is 0.338 e. The van der Waals surface area contributed by atoms with Crippen LogP contribution in [0.1, 0.15) is 41.6 Å². The lowest BCUT2D eigenvalue weighted by molar-refractivity contribution is -0.139. The molecule has 0 amide bonds. The van der Waals surface area contributed by atoms with E-state index in [1.165, 1.54) is 22.8 Å². The van der Waals surface area contributed by atoms with Gasteiger partial charge in [-0.1, -0.05) is 35.1 Å². The first-order valence-electron chi connectivity index (χ1n) is 12.2. The first-order chi connectivity index (χ1) is 19.2. The van der Waals surface area contributed by atoms with E-state index in [0.717, 1.165) is 11.3 Å². The number of thiazole rings is 1. The summed E-state index contributed by atoms with van der Waals surface area (Å²) in [5, 5.41) is 9.65. The standard InChI is InChI=1S/C29H23ClN2O7S/c1-4-38-28(36)24-15(2)31-29-32(25(24)16-6-5-7-18(12-16)37-3)26(33)23(40-29)14-19-9-11-22(39-19)20-13-17(27(34)35)8-10-21(20)30/h5-14,25H,4H2,1-3H3,(H,34,35)/t25-/m0/s1. The number of esters is 1. The number of benzene rings is 2. The second kappa shape index (κ2) is 11.0. The molecule has 4 aromatic rings. The summed E-state index contributed by atoms with van der Waals surface area (Å²) in [4.78, 5) is 43.2. The molecule has 1 aliphatic heterocycles. The van der Waals surface area contributed by atoms with Crippen molar-refractivity contribution in [3.8, 4) is 17.1 Å². The van der Waals surface area contributed by atoms with E-state index in [1.807, 2.05) is 6.07 Å². The van der Waals surface area contributed by atoms with Crippen LogP contribution >= 0.6 is 22.9 Å². The van der Waals surface area contributed by atoms with E-state index >= 15 is 0 Å². The van der Waals surface area contributed by atoms with Crippen molar-refractivity contribution in [3.05, 3.63) is 107 Å². The number of aromatic carboxylic acids is 1. The third kappa shape index (κ3) is 4.99. The number of allylic oxidation sites excluding steroid dienone is 1. The van der Waals surface area contributed by atoms with Crippen molar-refractivity contribution < 1.29 is 28.6 Å². The Kier molecular flexibility index (Phi) is 7.46. The van der Waals surface area contributed by atoms with Crippen LogP contribution in [0.2, 0.25) is 5.02 Å². The van der Waals surface area contributed by atoms with E-state index in [2.05, 4.69) is 4.99 Å². The zero-order valence-electron chi connectivity index (χ0n) is 21.6. The topological polar surface area (TPSA) is 120 Å². The molecule has 0 fully saturated rings. The van der Waals surface area contributed by atoms with Crippen LogP contribution in [0.4, 0.5) is 0 Å². The van der Waals surface area contributed by atoms with Gasteiger partial charge >= 0.3 is 11.9 Å². The molecule has 11 heteroatoms. The molecular formula is C29H23ClN2O7S. The summed E-state index contributed by atoms with van der Waals surface area (Å²) < 4.78 is 18.4. The summed E-state index contributed by atoms with van der Waals surface area (Å²) in [7, 11) is 1.54. The number of hydrogen-bond donors (Lipinski definition) is 1. The molecule has 1 atom stereocenters. The van der Waals surface area contributed by atoms with E-state index in [9.17, 15) is 19.5 Å². The Balaban J connectivity index is 1.64. The average molecular weight is 579 g/mol. The molecule has 0 saturated heterocycles. The maximum atomic E-state index is 13.8. The zero-order chi connectivity index (χ0) is 28.6. The Hall–Kier alpha value is -4.41. The maximum absolute atomic E-state index is 13.8. The molecular weight excluding hydrogens is 556 g/mol. The number of halogens is 1. The molecule has 1 N–H and O–H groups in total. The minimum Gasteiger partial charge on any atom is -0.497 e. The van der Waals surface area contributed by atoms with Gasteiger partial charge in [0.1, 0.15) is 17.3 Å². The van der Waals surface area contributed by atoms with E-state index in [0.29, 0.717) is 48.5 Å². The Morgan fingerprint density at radius 1 is 1.20 bits per heavy atom. The van der Waals surface area contributed by atoms with E-state index in [4.69, 9.17) is 25.5 Å². The van der Waals surface area contributed by atoms with E-state index in [-0.39, 0.29) is 23.3 Å². The van der Waals surface area contributed by atoms with Crippen LogP contribution in [-0.4, -0.2) is 35.3 Å². The Labute approximate surface area is 236 Å². The van der Waals surface area contributed by atoms with Crippen molar-refractivity contribution in [1.82, 2.24) is 4.57 Å². The highest BCUT2D eigenvalue weighted by Crippen LogP contribution is 2.33. The molecule has 2 aromatic carbocycles.